The maximum absolute atomic E-state index is 11.8. The summed E-state index contributed by atoms with van der Waals surface area (Å²) in [4.78, 5) is 15.9. The van der Waals surface area contributed by atoms with E-state index in [1.807, 2.05) is 23.1 Å². The Morgan fingerprint density at radius 1 is 1.14 bits per heavy atom. The number of carbonyl (C=O) groups is 1. The standard InChI is InChI=1S/C15H23N3O3/c1-20-13-4-3-12(11-14(13)21-2)17-7-9-18(10-8-17)15(19)5-6-16/h3-4,11H,5-10,16H2,1-2H3. The van der Waals surface area contributed by atoms with Crippen molar-refractivity contribution in [1.29, 1.82) is 0 Å². The fourth-order valence-electron chi connectivity index (χ4n) is 2.52. The monoisotopic (exact) mass is 293 g/mol. The fourth-order valence-corrected chi connectivity index (χ4v) is 2.52. The first kappa shape index (κ1) is 15.4. The molecule has 2 rings (SSSR count). The Bertz CT molecular complexity index is 485. The second kappa shape index (κ2) is 7.17. The van der Waals surface area contributed by atoms with Crippen LogP contribution in [0.5, 0.6) is 11.5 Å². The number of amides is 1. The Morgan fingerprint density at radius 2 is 1.81 bits per heavy atom. The first-order chi connectivity index (χ1) is 10.2. The Kier molecular flexibility index (Phi) is 5.27. The minimum atomic E-state index is 0.143. The lowest BCUT2D eigenvalue weighted by Gasteiger charge is -2.36. The number of piperazine rings is 1. The molecule has 0 atom stereocenters. The normalized spacial score (nSPS) is 15.0. The lowest BCUT2D eigenvalue weighted by Crippen LogP contribution is -2.49. The van der Waals surface area contributed by atoms with Gasteiger partial charge in [-0.1, -0.05) is 0 Å². The number of anilines is 1. The second-order valence-electron chi connectivity index (χ2n) is 4.95. The molecule has 6 nitrogen and oxygen atoms in total. The van der Waals surface area contributed by atoms with E-state index in [2.05, 4.69) is 4.90 Å². The zero-order valence-corrected chi connectivity index (χ0v) is 12.7. The van der Waals surface area contributed by atoms with Gasteiger partial charge in [0.05, 0.1) is 14.2 Å². The van der Waals surface area contributed by atoms with Crippen molar-refractivity contribution in [2.75, 3.05) is 51.8 Å². The predicted octanol–water partition coefficient (Wildman–Crippen LogP) is 0.701. The summed E-state index contributed by atoms with van der Waals surface area (Å²) in [5, 5.41) is 0. The zero-order valence-electron chi connectivity index (χ0n) is 12.7. The van der Waals surface area contributed by atoms with Crippen molar-refractivity contribution in [3.05, 3.63) is 18.2 Å². The highest BCUT2D eigenvalue weighted by atomic mass is 16.5. The average Bonchev–Trinajstić information content (AvgIpc) is 2.54. The average molecular weight is 293 g/mol. The molecule has 0 aliphatic carbocycles. The molecule has 0 spiro atoms. The van der Waals surface area contributed by atoms with Crippen molar-refractivity contribution in [2.45, 2.75) is 6.42 Å². The lowest BCUT2D eigenvalue weighted by atomic mass is 10.2. The molecule has 0 bridgehead atoms. The van der Waals surface area contributed by atoms with E-state index < -0.39 is 0 Å². The summed E-state index contributed by atoms with van der Waals surface area (Å²) in [6.45, 7) is 3.49. The molecule has 0 unspecified atom stereocenters. The number of hydrogen-bond acceptors (Lipinski definition) is 5. The third kappa shape index (κ3) is 3.58. The van der Waals surface area contributed by atoms with Crippen LogP contribution in [0.15, 0.2) is 18.2 Å². The second-order valence-corrected chi connectivity index (χ2v) is 4.95. The fraction of sp³-hybridized carbons (Fsp3) is 0.533. The first-order valence-electron chi connectivity index (χ1n) is 7.14. The van der Waals surface area contributed by atoms with Crippen LogP contribution in [0.1, 0.15) is 6.42 Å². The summed E-state index contributed by atoms with van der Waals surface area (Å²) in [6.07, 6.45) is 0.427. The predicted molar refractivity (Wildman–Crippen MR) is 82.0 cm³/mol. The van der Waals surface area contributed by atoms with Crippen LogP contribution in [0.25, 0.3) is 0 Å². The molecule has 116 valence electrons. The molecule has 1 aliphatic rings. The van der Waals surface area contributed by atoms with Crippen molar-refractivity contribution >= 4 is 11.6 Å². The summed E-state index contributed by atoms with van der Waals surface area (Å²) < 4.78 is 10.6. The molecule has 1 fully saturated rings. The minimum absolute atomic E-state index is 0.143. The van der Waals surface area contributed by atoms with E-state index in [0.29, 0.717) is 13.0 Å². The highest BCUT2D eigenvalue weighted by Gasteiger charge is 2.21. The Labute approximate surface area is 125 Å². The first-order valence-corrected chi connectivity index (χ1v) is 7.14. The van der Waals surface area contributed by atoms with E-state index in [4.69, 9.17) is 15.2 Å². The van der Waals surface area contributed by atoms with Crippen molar-refractivity contribution in [2.24, 2.45) is 5.73 Å². The molecule has 2 N–H and O–H groups in total. The molecular weight excluding hydrogens is 270 g/mol. The van der Waals surface area contributed by atoms with Crippen LogP contribution in [-0.2, 0) is 4.79 Å². The summed E-state index contributed by atoms with van der Waals surface area (Å²) in [5.41, 5.74) is 6.51. The van der Waals surface area contributed by atoms with Crippen molar-refractivity contribution < 1.29 is 14.3 Å². The SMILES string of the molecule is COc1ccc(N2CCN(C(=O)CCN)CC2)cc1OC. The van der Waals surface area contributed by atoms with Crippen LogP contribution >= 0.6 is 0 Å². The van der Waals surface area contributed by atoms with Crippen LogP contribution in [-0.4, -0.2) is 57.8 Å². The van der Waals surface area contributed by atoms with Gasteiger partial charge < -0.3 is 25.0 Å². The Balaban J connectivity index is 2.00. The third-order valence-electron chi connectivity index (χ3n) is 3.72. The number of hydrogen-bond donors (Lipinski definition) is 1. The highest BCUT2D eigenvalue weighted by Crippen LogP contribution is 2.31. The third-order valence-corrected chi connectivity index (χ3v) is 3.72. The number of methoxy groups -OCH3 is 2. The number of nitrogens with two attached hydrogens (primary N) is 1. The molecule has 1 saturated heterocycles. The van der Waals surface area contributed by atoms with Gasteiger partial charge in [0.25, 0.3) is 0 Å². The molecule has 1 aromatic carbocycles. The van der Waals surface area contributed by atoms with Gasteiger partial charge in [0.15, 0.2) is 11.5 Å². The van der Waals surface area contributed by atoms with Crippen molar-refractivity contribution in [3.63, 3.8) is 0 Å². The summed E-state index contributed by atoms with van der Waals surface area (Å²) >= 11 is 0. The quantitative estimate of drug-likeness (QED) is 0.865. The number of nitrogens with zero attached hydrogens (tertiary/aromatic N) is 2. The van der Waals surface area contributed by atoms with E-state index in [-0.39, 0.29) is 5.91 Å². The molecule has 0 radical (unpaired) electrons. The smallest absolute Gasteiger partial charge is 0.223 e. The van der Waals surface area contributed by atoms with Gasteiger partial charge in [-0.05, 0) is 12.1 Å². The van der Waals surface area contributed by atoms with Gasteiger partial charge in [-0.25, -0.2) is 0 Å². The van der Waals surface area contributed by atoms with E-state index in [0.717, 1.165) is 43.4 Å². The molecule has 1 aliphatic heterocycles. The Hall–Kier alpha value is -1.95. The Morgan fingerprint density at radius 3 is 2.38 bits per heavy atom. The largest absolute Gasteiger partial charge is 0.493 e. The van der Waals surface area contributed by atoms with Crippen LogP contribution < -0.4 is 20.1 Å². The molecule has 1 aromatic rings. The van der Waals surface area contributed by atoms with E-state index in [1.165, 1.54) is 0 Å². The zero-order chi connectivity index (χ0) is 15.2. The summed E-state index contributed by atoms with van der Waals surface area (Å²) in [7, 11) is 3.25. The van der Waals surface area contributed by atoms with E-state index in [1.54, 1.807) is 14.2 Å². The van der Waals surface area contributed by atoms with Gasteiger partial charge in [0, 0.05) is 50.9 Å². The highest BCUT2D eigenvalue weighted by molar-refractivity contribution is 5.76. The van der Waals surface area contributed by atoms with Gasteiger partial charge in [-0.2, -0.15) is 0 Å². The van der Waals surface area contributed by atoms with Gasteiger partial charge in [-0.15, -0.1) is 0 Å². The molecular formula is C15H23N3O3. The minimum Gasteiger partial charge on any atom is -0.493 e. The van der Waals surface area contributed by atoms with Crippen LogP contribution in [0.2, 0.25) is 0 Å². The van der Waals surface area contributed by atoms with Crippen molar-refractivity contribution in [3.8, 4) is 11.5 Å². The maximum Gasteiger partial charge on any atom is 0.223 e. The van der Waals surface area contributed by atoms with Gasteiger partial charge in [-0.3, -0.25) is 4.79 Å². The molecule has 6 heteroatoms. The van der Waals surface area contributed by atoms with Crippen LogP contribution in [0.4, 0.5) is 5.69 Å². The van der Waals surface area contributed by atoms with Crippen molar-refractivity contribution in [1.82, 2.24) is 4.90 Å². The van der Waals surface area contributed by atoms with Crippen LogP contribution in [0, 0.1) is 0 Å². The number of carbonyl (C=O) groups excluding carboxylic acids is 1. The molecule has 1 heterocycles. The lowest BCUT2D eigenvalue weighted by molar-refractivity contribution is -0.131. The van der Waals surface area contributed by atoms with Crippen LogP contribution in [0.3, 0.4) is 0 Å². The number of benzene rings is 1. The van der Waals surface area contributed by atoms with E-state index in [9.17, 15) is 4.79 Å². The molecule has 1 amide bonds. The molecule has 0 aromatic heterocycles. The number of ether oxygens (including phenoxy) is 2. The summed E-state index contributed by atoms with van der Waals surface area (Å²) in [6, 6.07) is 5.88. The topological polar surface area (TPSA) is 68.0 Å². The van der Waals surface area contributed by atoms with Gasteiger partial charge >= 0.3 is 0 Å². The maximum atomic E-state index is 11.8. The molecule has 0 saturated carbocycles. The number of rotatable bonds is 5. The van der Waals surface area contributed by atoms with E-state index >= 15 is 0 Å². The van der Waals surface area contributed by atoms with Gasteiger partial charge in [0.2, 0.25) is 5.91 Å². The molecule has 21 heavy (non-hydrogen) atoms. The van der Waals surface area contributed by atoms with Gasteiger partial charge in [0.1, 0.15) is 0 Å². The summed E-state index contributed by atoms with van der Waals surface area (Å²) in [5.74, 6) is 1.58.